The van der Waals surface area contributed by atoms with E-state index in [0.717, 1.165) is 64.6 Å². The summed E-state index contributed by atoms with van der Waals surface area (Å²) in [5, 5.41) is 20.2. The molecule has 0 bridgehead atoms. The highest BCUT2D eigenvalue weighted by Crippen LogP contribution is 2.37. The molecule has 3 aromatic heterocycles. The minimum Gasteiger partial charge on any atom is -0.386 e. The topological polar surface area (TPSA) is 68.8 Å². The number of aliphatic hydroxyl groups is 1. The molecule has 4 aromatic rings. The lowest BCUT2D eigenvalue weighted by Gasteiger charge is -2.22. The van der Waals surface area contributed by atoms with Gasteiger partial charge in [-0.05, 0) is 51.8 Å². The van der Waals surface area contributed by atoms with Gasteiger partial charge >= 0.3 is 0 Å². The fraction of sp³-hybridized carbons (Fsp3) is 0.480. The van der Waals surface area contributed by atoms with Gasteiger partial charge in [0.25, 0.3) is 0 Å². The van der Waals surface area contributed by atoms with Crippen LogP contribution in [0.3, 0.4) is 0 Å². The Kier molecular flexibility index (Phi) is 5.60. The molecule has 1 N–H and O–H groups in total. The summed E-state index contributed by atoms with van der Waals surface area (Å²) in [7, 11) is 1.93. The lowest BCUT2D eigenvalue weighted by molar-refractivity contribution is 0.0783. The van der Waals surface area contributed by atoms with E-state index in [-0.39, 0.29) is 0 Å². The van der Waals surface area contributed by atoms with Crippen molar-refractivity contribution in [2.45, 2.75) is 71.9 Å². The van der Waals surface area contributed by atoms with Crippen molar-refractivity contribution in [3.05, 3.63) is 41.7 Å². The molecular formula is C25H33N5O. The van der Waals surface area contributed by atoms with Crippen molar-refractivity contribution in [3.63, 3.8) is 0 Å². The minimum atomic E-state index is -0.934. The van der Waals surface area contributed by atoms with Crippen LogP contribution in [0.1, 0.15) is 70.7 Å². The third-order valence-electron chi connectivity index (χ3n) is 6.22. The number of benzene rings is 1. The van der Waals surface area contributed by atoms with Crippen molar-refractivity contribution < 1.29 is 5.11 Å². The van der Waals surface area contributed by atoms with Crippen LogP contribution in [-0.4, -0.2) is 29.7 Å². The van der Waals surface area contributed by atoms with Gasteiger partial charge in [-0.15, -0.1) is 5.10 Å². The van der Waals surface area contributed by atoms with Gasteiger partial charge in [-0.3, -0.25) is 4.98 Å². The van der Waals surface area contributed by atoms with Crippen LogP contribution in [0.2, 0.25) is 0 Å². The van der Waals surface area contributed by atoms with Crippen molar-refractivity contribution in [1.82, 2.24) is 24.5 Å². The number of rotatable bonds is 7. The van der Waals surface area contributed by atoms with Crippen LogP contribution < -0.4 is 0 Å². The average Bonchev–Trinajstić information content (AvgIpc) is 3.22. The first-order chi connectivity index (χ1) is 14.8. The smallest absolute Gasteiger partial charge is 0.0960 e. The highest BCUT2D eigenvalue weighted by Gasteiger charge is 2.23. The third kappa shape index (κ3) is 3.74. The normalized spacial score (nSPS) is 12.5. The molecule has 0 atom stereocenters. The molecule has 6 heteroatoms. The van der Waals surface area contributed by atoms with Crippen molar-refractivity contribution in [2.75, 3.05) is 0 Å². The van der Waals surface area contributed by atoms with Gasteiger partial charge in [0.2, 0.25) is 0 Å². The van der Waals surface area contributed by atoms with E-state index in [2.05, 4.69) is 53.0 Å². The van der Waals surface area contributed by atoms with E-state index in [1.165, 1.54) is 5.52 Å². The highest BCUT2D eigenvalue weighted by atomic mass is 16.3. The van der Waals surface area contributed by atoms with Gasteiger partial charge in [-0.25, -0.2) is 4.68 Å². The molecule has 1 aromatic carbocycles. The van der Waals surface area contributed by atoms with Gasteiger partial charge in [-0.1, -0.05) is 38.0 Å². The SMILES string of the molecule is CCCC(CCC)n1c2cc(-c3c(C)nnn3C)ccc2c2ncc(C(C)(C)O)cc21. The minimum absolute atomic E-state index is 0.384. The number of hydrogen-bond donors (Lipinski definition) is 1. The lowest BCUT2D eigenvalue weighted by atomic mass is 10.00. The quantitative estimate of drug-likeness (QED) is 0.419. The number of aromatic nitrogens is 5. The molecule has 0 saturated carbocycles. The van der Waals surface area contributed by atoms with E-state index in [9.17, 15) is 5.11 Å². The van der Waals surface area contributed by atoms with Crippen molar-refractivity contribution in [1.29, 1.82) is 0 Å². The summed E-state index contributed by atoms with van der Waals surface area (Å²) >= 11 is 0. The van der Waals surface area contributed by atoms with E-state index < -0.39 is 5.60 Å². The molecule has 0 amide bonds. The van der Waals surface area contributed by atoms with Gasteiger partial charge in [0.15, 0.2) is 0 Å². The molecular weight excluding hydrogens is 386 g/mol. The summed E-state index contributed by atoms with van der Waals surface area (Å²) in [6, 6.07) is 9.07. The molecule has 0 aliphatic rings. The molecule has 4 rings (SSSR count). The molecule has 0 fully saturated rings. The zero-order chi connectivity index (χ0) is 22.3. The molecule has 6 nitrogen and oxygen atoms in total. The van der Waals surface area contributed by atoms with Gasteiger partial charge < -0.3 is 9.67 Å². The largest absolute Gasteiger partial charge is 0.386 e. The number of pyridine rings is 1. The molecule has 31 heavy (non-hydrogen) atoms. The zero-order valence-corrected chi connectivity index (χ0v) is 19.5. The first kappa shape index (κ1) is 21.5. The predicted octanol–water partition coefficient (Wildman–Crippen LogP) is 5.66. The van der Waals surface area contributed by atoms with Gasteiger partial charge in [0.1, 0.15) is 0 Å². The molecule has 3 heterocycles. The van der Waals surface area contributed by atoms with Crippen molar-refractivity contribution in [3.8, 4) is 11.3 Å². The zero-order valence-electron chi connectivity index (χ0n) is 19.5. The number of hydrogen-bond acceptors (Lipinski definition) is 4. The maximum atomic E-state index is 10.6. The second kappa shape index (κ2) is 8.08. The molecule has 0 radical (unpaired) electrons. The Morgan fingerprint density at radius 2 is 1.77 bits per heavy atom. The second-order valence-electron chi connectivity index (χ2n) is 9.13. The van der Waals surface area contributed by atoms with E-state index >= 15 is 0 Å². The molecule has 0 aliphatic carbocycles. The summed E-state index contributed by atoms with van der Waals surface area (Å²) in [6.07, 6.45) is 6.26. The first-order valence-electron chi connectivity index (χ1n) is 11.3. The standard InChI is InChI=1S/C25H33N5O/c1-7-9-19(10-8-2)30-21-13-17(24-16(3)27-28-29(24)6)11-12-20(21)23-22(30)14-18(15-26-23)25(4,5)31/h11-15,19,31H,7-10H2,1-6H3. The summed E-state index contributed by atoms with van der Waals surface area (Å²) in [5.74, 6) is 0. The van der Waals surface area contributed by atoms with Crippen molar-refractivity contribution in [2.24, 2.45) is 7.05 Å². The highest BCUT2D eigenvalue weighted by molar-refractivity contribution is 6.07. The lowest BCUT2D eigenvalue weighted by Crippen LogP contribution is -2.16. The Labute approximate surface area is 183 Å². The van der Waals surface area contributed by atoms with E-state index in [0.29, 0.717) is 6.04 Å². The molecule has 0 spiro atoms. The van der Waals surface area contributed by atoms with Crippen molar-refractivity contribution >= 4 is 21.9 Å². The number of nitrogens with zero attached hydrogens (tertiary/aromatic N) is 5. The summed E-state index contributed by atoms with van der Waals surface area (Å²) in [5.41, 5.74) is 6.23. The van der Waals surface area contributed by atoms with Crippen LogP contribution in [-0.2, 0) is 12.6 Å². The van der Waals surface area contributed by atoms with Crippen LogP contribution >= 0.6 is 0 Å². The van der Waals surface area contributed by atoms with E-state index in [4.69, 9.17) is 4.98 Å². The molecule has 0 saturated heterocycles. The fourth-order valence-electron chi connectivity index (χ4n) is 4.71. The fourth-order valence-corrected chi connectivity index (χ4v) is 4.71. The maximum Gasteiger partial charge on any atom is 0.0960 e. The second-order valence-corrected chi connectivity index (χ2v) is 9.13. The Hall–Kier alpha value is -2.73. The van der Waals surface area contributed by atoms with Crippen LogP contribution in [0.15, 0.2) is 30.5 Å². The summed E-state index contributed by atoms with van der Waals surface area (Å²) < 4.78 is 4.30. The Morgan fingerprint density at radius 3 is 2.35 bits per heavy atom. The molecule has 164 valence electrons. The number of aryl methyl sites for hydroxylation is 2. The van der Waals surface area contributed by atoms with Crippen LogP contribution in [0, 0.1) is 6.92 Å². The predicted molar refractivity (Wildman–Crippen MR) is 126 cm³/mol. The van der Waals surface area contributed by atoms with Gasteiger partial charge in [0.05, 0.1) is 33.5 Å². The van der Waals surface area contributed by atoms with Gasteiger partial charge in [0, 0.05) is 35.8 Å². The summed E-state index contributed by atoms with van der Waals surface area (Å²) in [6.45, 7) is 10.1. The Balaban J connectivity index is 2.06. The number of fused-ring (bicyclic) bond motifs is 3. The molecule has 0 unspecified atom stereocenters. The van der Waals surface area contributed by atoms with E-state index in [1.54, 1.807) is 0 Å². The average molecular weight is 420 g/mol. The van der Waals surface area contributed by atoms with Crippen LogP contribution in [0.25, 0.3) is 33.2 Å². The van der Waals surface area contributed by atoms with Crippen LogP contribution in [0.4, 0.5) is 0 Å². The maximum absolute atomic E-state index is 10.6. The molecule has 0 aliphatic heterocycles. The first-order valence-corrected chi connectivity index (χ1v) is 11.3. The summed E-state index contributed by atoms with van der Waals surface area (Å²) in [4.78, 5) is 4.82. The Bertz CT molecular complexity index is 1200. The third-order valence-corrected chi connectivity index (χ3v) is 6.22. The Morgan fingerprint density at radius 1 is 1.06 bits per heavy atom. The van der Waals surface area contributed by atoms with E-state index in [1.807, 2.05) is 38.7 Å². The van der Waals surface area contributed by atoms with Gasteiger partial charge in [-0.2, -0.15) is 0 Å². The van der Waals surface area contributed by atoms with Crippen LogP contribution in [0.5, 0.6) is 0 Å². The monoisotopic (exact) mass is 419 g/mol.